The van der Waals surface area contributed by atoms with Crippen molar-refractivity contribution in [1.82, 2.24) is 10.2 Å². The van der Waals surface area contributed by atoms with Crippen LogP contribution in [0.1, 0.15) is 19.8 Å². The van der Waals surface area contributed by atoms with Crippen LogP contribution in [0.3, 0.4) is 0 Å². The van der Waals surface area contributed by atoms with Crippen LogP contribution in [0.2, 0.25) is 0 Å². The van der Waals surface area contributed by atoms with Gasteiger partial charge in [-0.25, -0.2) is 4.79 Å². The van der Waals surface area contributed by atoms with Crippen LogP contribution in [-0.2, 0) is 9.53 Å². The molecule has 0 aromatic rings. The first-order chi connectivity index (χ1) is 9.08. The van der Waals surface area contributed by atoms with E-state index in [0.29, 0.717) is 25.6 Å². The number of aliphatic carboxylic acids is 1. The molecule has 2 rings (SSSR count). The van der Waals surface area contributed by atoms with Gasteiger partial charge >= 0.3 is 12.0 Å². The fourth-order valence-corrected chi connectivity index (χ4v) is 2.50. The van der Waals surface area contributed by atoms with E-state index in [-0.39, 0.29) is 17.9 Å². The molecule has 0 spiro atoms. The molecule has 2 unspecified atom stereocenters. The average molecular weight is 270 g/mol. The summed E-state index contributed by atoms with van der Waals surface area (Å²) in [5.74, 6) is -0.506. The lowest BCUT2D eigenvalue weighted by Crippen LogP contribution is -2.56. The Morgan fingerprint density at radius 2 is 2.21 bits per heavy atom. The maximum Gasteiger partial charge on any atom is 0.317 e. The Balaban J connectivity index is 1.59. The molecule has 0 bridgehead atoms. The van der Waals surface area contributed by atoms with E-state index in [9.17, 15) is 9.59 Å². The molecule has 0 aliphatic carbocycles. The van der Waals surface area contributed by atoms with Crippen LogP contribution in [0.25, 0.3) is 0 Å². The molecular weight excluding hydrogens is 248 g/mol. The third kappa shape index (κ3) is 3.59. The Morgan fingerprint density at radius 1 is 1.47 bits per heavy atom. The first-order valence-corrected chi connectivity index (χ1v) is 6.91. The Kier molecular flexibility index (Phi) is 4.63. The van der Waals surface area contributed by atoms with Gasteiger partial charge in [-0.2, -0.15) is 0 Å². The van der Waals surface area contributed by atoms with Crippen LogP contribution >= 0.6 is 0 Å². The van der Waals surface area contributed by atoms with Crippen molar-refractivity contribution >= 4 is 12.0 Å². The number of carboxylic acids is 1. The summed E-state index contributed by atoms with van der Waals surface area (Å²) < 4.78 is 5.28. The molecule has 19 heavy (non-hydrogen) atoms. The molecule has 2 fully saturated rings. The molecule has 2 amide bonds. The lowest BCUT2D eigenvalue weighted by molar-refractivity contribution is -0.144. The fraction of sp³-hybridized carbons (Fsp3) is 0.846. The molecule has 0 saturated carbocycles. The summed E-state index contributed by atoms with van der Waals surface area (Å²) in [5.41, 5.74) is 0. The molecule has 2 saturated heterocycles. The smallest absolute Gasteiger partial charge is 0.317 e. The number of carbonyl (C=O) groups is 2. The molecule has 6 nitrogen and oxygen atoms in total. The zero-order valence-corrected chi connectivity index (χ0v) is 11.3. The normalized spacial score (nSPS) is 24.9. The van der Waals surface area contributed by atoms with Crippen molar-refractivity contribution in [2.45, 2.75) is 19.8 Å². The molecule has 108 valence electrons. The highest BCUT2D eigenvalue weighted by molar-refractivity contribution is 5.76. The van der Waals surface area contributed by atoms with Gasteiger partial charge in [0.25, 0.3) is 0 Å². The number of likely N-dealkylation sites (tertiary alicyclic amines) is 1. The van der Waals surface area contributed by atoms with Crippen molar-refractivity contribution in [1.29, 1.82) is 0 Å². The van der Waals surface area contributed by atoms with Gasteiger partial charge in [-0.05, 0) is 18.8 Å². The molecule has 6 heteroatoms. The minimum absolute atomic E-state index is 0.0762. The third-order valence-electron chi connectivity index (χ3n) is 4.15. The van der Waals surface area contributed by atoms with Gasteiger partial charge in [0.1, 0.15) is 0 Å². The van der Waals surface area contributed by atoms with E-state index in [1.807, 2.05) is 0 Å². The van der Waals surface area contributed by atoms with Crippen LogP contribution in [0, 0.1) is 17.8 Å². The highest BCUT2D eigenvalue weighted by atomic mass is 16.5. The van der Waals surface area contributed by atoms with Gasteiger partial charge < -0.3 is 20.1 Å². The minimum atomic E-state index is -0.786. The SMILES string of the molecule is CC(C(=O)O)C1CN(C(=O)NCCC2CCOC2)C1. The number of carboxylic acid groups (broad SMARTS) is 1. The summed E-state index contributed by atoms with van der Waals surface area (Å²) in [6.07, 6.45) is 2.03. The summed E-state index contributed by atoms with van der Waals surface area (Å²) >= 11 is 0. The number of rotatable bonds is 5. The van der Waals surface area contributed by atoms with Crippen molar-refractivity contribution in [3.05, 3.63) is 0 Å². The average Bonchev–Trinajstić information content (AvgIpc) is 2.79. The minimum Gasteiger partial charge on any atom is -0.481 e. The van der Waals surface area contributed by atoms with E-state index >= 15 is 0 Å². The molecule has 2 N–H and O–H groups in total. The van der Waals surface area contributed by atoms with E-state index in [2.05, 4.69) is 5.32 Å². The Morgan fingerprint density at radius 3 is 2.79 bits per heavy atom. The zero-order valence-electron chi connectivity index (χ0n) is 11.3. The molecular formula is C13H22N2O4. The number of ether oxygens (including phenoxy) is 1. The second-order valence-corrected chi connectivity index (χ2v) is 5.54. The Hall–Kier alpha value is -1.30. The van der Waals surface area contributed by atoms with Crippen LogP contribution < -0.4 is 5.32 Å². The van der Waals surface area contributed by atoms with Gasteiger partial charge in [-0.15, -0.1) is 0 Å². The highest BCUT2D eigenvalue weighted by Gasteiger charge is 2.37. The topological polar surface area (TPSA) is 78.9 Å². The van der Waals surface area contributed by atoms with E-state index in [1.54, 1.807) is 11.8 Å². The van der Waals surface area contributed by atoms with Crippen LogP contribution in [-0.4, -0.2) is 54.9 Å². The summed E-state index contributed by atoms with van der Waals surface area (Å²) in [6.45, 7) is 5.10. The summed E-state index contributed by atoms with van der Waals surface area (Å²) in [7, 11) is 0. The molecule has 0 radical (unpaired) electrons. The van der Waals surface area contributed by atoms with Gasteiger partial charge in [0.15, 0.2) is 0 Å². The summed E-state index contributed by atoms with van der Waals surface area (Å²) in [6, 6.07) is -0.0762. The quantitative estimate of drug-likeness (QED) is 0.773. The molecule has 0 aromatic heterocycles. The maximum absolute atomic E-state index is 11.8. The summed E-state index contributed by atoms with van der Waals surface area (Å²) in [4.78, 5) is 24.2. The standard InChI is InChI=1S/C13H22N2O4/c1-9(12(16)17)11-6-15(7-11)13(18)14-4-2-10-3-5-19-8-10/h9-11H,2-8H2,1H3,(H,14,18)(H,16,17). The van der Waals surface area contributed by atoms with E-state index < -0.39 is 5.97 Å². The van der Waals surface area contributed by atoms with Crippen LogP contribution in [0.5, 0.6) is 0 Å². The predicted octanol–water partition coefficient (Wildman–Crippen LogP) is 0.775. The monoisotopic (exact) mass is 270 g/mol. The van der Waals surface area contributed by atoms with E-state index in [0.717, 1.165) is 26.1 Å². The van der Waals surface area contributed by atoms with Crippen molar-refractivity contribution in [2.75, 3.05) is 32.8 Å². The molecule has 0 aromatic carbocycles. The highest BCUT2D eigenvalue weighted by Crippen LogP contribution is 2.24. The number of carbonyl (C=O) groups excluding carboxylic acids is 1. The van der Waals surface area contributed by atoms with Crippen molar-refractivity contribution in [2.24, 2.45) is 17.8 Å². The van der Waals surface area contributed by atoms with E-state index in [1.165, 1.54) is 0 Å². The van der Waals surface area contributed by atoms with Crippen LogP contribution in [0.4, 0.5) is 4.79 Å². The molecule has 2 aliphatic rings. The number of hydrogen-bond acceptors (Lipinski definition) is 3. The lowest BCUT2D eigenvalue weighted by atomic mass is 9.87. The number of urea groups is 1. The van der Waals surface area contributed by atoms with Gasteiger partial charge in [0.05, 0.1) is 5.92 Å². The second kappa shape index (κ2) is 6.23. The fourth-order valence-electron chi connectivity index (χ4n) is 2.50. The second-order valence-electron chi connectivity index (χ2n) is 5.54. The number of nitrogens with one attached hydrogen (secondary N) is 1. The van der Waals surface area contributed by atoms with Gasteiger partial charge in [-0.3, -0.25) is 4.79 Å². The van der Waals surface area contributed by atoms with Gasteiger partial charge in [-0.1, -0.05) is 6.92 Å². The predicted molar refractivity (Wildman–Crippen MR) is 68.8 cm³/mol. The number of nitrogens with zero attached hydrogens (tertiary/aromatic N) is 1. The van der Waals surface area contributed by atoms with Gasteiger partial charge in [0.2, 0.25) is 0 Å². The first-order valence-electron chi connectivity index (χ1n) is 6.91. The Bertz CT molecular complexity index is 336. The van der Waals surface area contributed by atoms with Crippen molar-refractivity contribution in [3.63, 3.8) is 0 Å². The molecule has 2 aliphatic heterocycles. The largest absolute Gasteiger partial charge is 0.481 e. The number of hydrogen-bond donors (Lipinski definition) is 2. The maximum atomic E-state index is 11.8. The number of amides is 2. The molecule has 2 heterocycles. The Labute approximate surface area is 113 Å². The summed E-state index contributed by atoms with van der Waals surface area (Å²) in [5, 5.41) is 11.8. The van der Waals surface area contributed by atoms with Crippen molar-refractivity contribution in [3.8, 4) is 0 Å². The van der Waals surface area contributed by atoms with E-state index in [4.69, 9.17) is 9.84 Å². The molecule has 2 atom stereocenters. The van der Waals surface area contributed by atoms with Gasteiger partial charge in [0, 0.05) is 38.8 Å². The van der Waals surface area contributed by atoms with Crippen molar-refractivity contribution < 1.29 is 19.4 Å². The van der Waals surface area contributed by atoms with Crippen LogP contribution in [0.15, 0.2) is 0 Å². The zero-order chi connectivity index (χ0) is 13.8. The third-order valence-corrected chi connectivity index (χ3v) is 4.15. The first kappa shape index (κ1) is 14.1. The lowest BCUT2D eigenvalue weighted by Gasteiger charge is -2.41.